The molecule has 0 bridgehead atoms. The van der Waals surface area contributed by atoms with Crippen LogP contribution in [0, 0.1) is 5.92 Å². The van der Waals surface area contributed by atoms with Crippen LogP contribution >= 0.6 is 23.5 Å². The van der Waals surface area contributed by atoms with Gasteiger partial charge in [0.25, 0.3) is 0 Å². The van der Waals surface area contributed by atoms with E-state index in [2.05, 4.69) is 54.7 Å². The van der Waals surface area contributed by atoms with Gasteiger partial charge in [-0.15, -0.1) is 11.8 Å². The van der Waals surface area contributed by atoms with Crippen LogP contribution in [-0.2, 0) is 0 Å². The Kier molecular flexibility index (Phi) is 5.64. The van der Waals surface area contributed by atoms with Gasteiger partial charge < -0.3 is 5.32 Å². The molecule has 0 radical (unpaired) electrons. The van der Waals surface area contributed by atoms with Crippen LogP contribution in [0.2, 0.25) is 0 Å². The maximum absolute atomic E-state index is 4.65. The van der Waals surface area contributed by atoms with Crippen molar-refractivity contribution in [3.05, 3.63) is 24.3 Å². The van der Waals surface area contributed by atoms with Crippen LogP contribution in [0.4, 0.5) is 5.69 Å². The quantitative estimate of drug-likeness (QED) is 0.795. The van der Waals surface area contributed by atoms with E-state index in [0.29, 0.717) is 5.25 Å². The van der Waals surface area contributed by atoms with Crippen molar-refractivity contribution in [3.8, 4) is 0 Å². The van der Waals surface area contributed by atoms with E-state index < -0.39 is 0 Å². The van der Waals surface area contributed by atoms with Crippen molar-refractivity contribution < 1.29 is 0 Å². The van der Waals surface area contributed by atoms with Gasteiger partial charge in [-0.25, -0.2) is 0 Å². The summed E-state index contributed by atoms with van der Waals surface area (Å²) in [5, 5.41) is 5.18. The maximum atomic E-state index is 4.65. The number of thioether (sulfide) groups is 2. The predicted octanol–water partition coefficient (Wildman–Crippen LogP) is 4.73. The number of hydrogen-bond donors (Lipinski definition) is 1. The normalized spacial score (nSPS) is 18.7. The van der Waals surface area contributed by atoms with Crippen LogP contribution in [-0.4, -0.2) is 23.2 Å². The van der Waals surface area contributed by atoms with Crippen molar-refractivity contribution >= 4 is 34.4 Å². The van der Waals surface area contributed by atoms with Crippen LogP contribution in [0.25, 0.3) is 0 Å². The molecule has 0 aromatic heterocycles. The Bertz CT molecular complexity index is 442. The summed E-state index contributed by atoms with van der Waals surface area (Å²) in [5.41, 5.74) is 1.14. The topological polar surface area (TPSA) is 24.4 Å². The fourth-order valence-electron chi connectivity index (χ4n) is 2.34. The Balaban J connectivity index is 1.94. The third kappa shape index (κ3) is 3.93. The average Bonchev–Trinajstić information content (AvgIpc) is 2.89. The number of rotatable bonds is 5. The van der Waals surface area contributed by atoms with E-state index >= 15 is 0 Å². The zero-order valence-corrected chi connectivity index (χ0v) is 13.5. The van der Waals surface area contributed by atoms with E-state index in [1.54, 1.807) is 11.8 Å². The first-order valence-electron chi connectivity index (χ1n) is 6.89. The molecule has 2 rings (SSSR count). The van der Waals surface area contributed by atoms with Gasteiger partial charge in [0.1, 0.15) is 0 Å². The van der Waals surface area contributed by atoms with Gasteiger partial charge in [-0.3, -0.25) is 4.99 Å². The van der Waals surface area contributed by atoms with E-state index in [-0.39, 0.29) is 0 Å². The molecule has 104 valence electrons. The van der Waals surface area contributed by atoms with Gasteiger partial charge in [-0.1, -0.05) is 44.5 Å². The van der Waals surface area contributed by atoms with E-state index in [1.807, 2.05) is 11.8 Å². The second kappa shape index (κ2) is 7.25. The molecule has 1 heterocycles. The number of nitrogens with one attached hydrogen (secondary N) is 1. The Hall–Kier alpha value is -0.610. The zero-order chi connectivity index (χ0) is 13.7. The lowest BCUT2D eigenvalue weighted by atomic mass is 9.99. The van der Waals surface area contributed by atoms with Crippen LogP contribution in [0.15, 0.2) is 34.2 Å². The van der Waals surface area contributed by atoms with Crippen molar-refractivity contribution in [2.24, 2.45) is 10.9 Å². The van der Waals surface area contributed by atoms with E-state index in [4.69, 9.17) is 0 Å². The summed E-state index contributed by atoms with van der Waals surface area (Å²) in [7, 11) is 0. The highest BCUT2D eigenvalue weighted by molar-refractivity contribution is 8.15. The Labute approximate surface area is 124 Å². The molecule has 0 spiro atoms. The molecule has 0 saturated heterocycles. The first-order valence-corrected chi connectivity index (χ1v) is 8.99. The van der Waals surface area contributed by atoms with Crippen molar-refractivity contribution in [1.29, 1.82) is 0 Å². The molecule has 0 saturated carbocycles. The largest absolute Gasteiger partial charge is 0.335 e. The second-order valence-corrected chi connectivity index (χ2v) is 6.84. The van der Waals surface area contributed by atoms with Crippen molar-refractivity contribution in [2.45, 2.75) is 36.8 Å². The number of nitrogens with zero attached hydrogens (tertiary/aromatic N) is 1. The molecule has 0 fully saturated rings. The van der Waals surface area contributed by atoms with E-state index in [0.717, 1.165) is 23.3 Å². The molecule has 0 aliphatic carbocycles. The van der Waals surface area contributed by atoms with Crippen LogP contribution in [0.3, 0.4) is 0 Å². The lowest BCUT2D eigenvalue weighted by molar-refractivity contribution is 0.479. The molecule has 1 aliphatic rings. The third-order valence-electron chi connectivity index (χ3n) is 3.57. The number of hydrogen-bond acceptors (Lipinski definition) is 4. The summed E-state index contributed by atoms with van der Waals surface area (Å²) in [5.74, 6) is 0.783. The molecule has 1 atom stereocenters. The number of aliphatic imine (C=N–C) groups is 1. The Morgan fingerprint density at radius 3 is 2.89 bits per heavy atom. The van der Waals surface area contributed by atoms with Gasteiger partial charge in [0, 0.05) is 15.8 Å². The number of amidine groups is 1. The smallest absolute Gasteiger partial charge is 0.161 e. The van der Waals surface area contributed by atoms with Gasteiger partial charge in [-0.2, -0.15) is 0 Å². The van der Waals surface area contributed by atoms with Crippen molar-refractivity contribution in [3.63, 3.8) is 0 Å². The predicted molar refractivity (Wildman–Crippen MR) is 89.6 cm³/mol. The molecule has 19 heavy (non-hydrogen) atoms. The zero-order valence-electron chi connectivity index (χ0n) is 11.8. The van der Waals surface area contributed by atoms with Crippen molar-refractivity contribution in [1.82, 2.24) is 0 Å². The van der Waals surface area contributed by atoms with Gasteiger partial charge in [0.05, 0.1) is 6.54 Å². The summed E-state index contributed by atoms with van der Waals surface area (Å²) < 4.78 is 0. The van der Waals surface area contributed by atoms with Gasteiger partial charge in [-0.05, 0) is 30.4 Å². The SMILES string of the molecule is CCC(CC)C1CN=C(Nc2cccc(SC)c2)S1. The minimum Gasteiger partial charge on any atom is -0.335 e. The summed E-state index contributed by atoms with van der Waals surface area (Å²) >= 11 is 3.68. The van der Waals surface area contributed by atoms with Gasteiger partial charge >= 0.3 is 0 Å². The van der Waals surface area contributed by atoms with Crippen LogP contribution in [0.1, 0.15) is 26.7 Å². The molecule has 4 heteroatoms. The van der Waals surface area contributed by atoms with E-state index in [1.165, 1.54) is 17.7 Å². The minimum atomic E-state index is 0.654. The average molecular weight is 294 g/mol. The van der Waals surface area contributed by atoms with Crippen molar-refractivity contribution in [2.75, 3.05) is 18.1 Å². The highest BCUT2D eigenvalue weighted by Gasteiger charge is 2.25. The highest BCUT2D eigenvalue weighted by atomic mass is 32.2. The molecular formula is C15H22N2S2. The van der Waals surface area contributed by atoms with Crippen LogP contribution in [0.5, 0.6) is 0 Å². The van der Waals surface area contributed by atoms with Crippen LogP contribution < -0.4 is 5.32 Å². The molecule has 1 aromatic carbocycles. The molecular weight excluding hydrogens is 272 g/mol. The summed E-state index contributed by atoms with van der Waals surface area (Å²) in [6, 6.07) is 8.50. The standard InChI is InChI=1S/C15H22N2S2/c1-4-11(5-2)14-10-16-15(19-14)17-12-7-6-8-13(9-12)18-3/h6-9,11,14H,4-5,10H2,1-3H3,(H,16,17). The summed E-state index contributed by atoms with van der Waals surface area (Å²) in [6.45, 7) is 5.52. The molecule has 1 aromatic rings. The van der Waals surface area contributed by atoms with E-state index in [9.17, 15) is 0 Å². The Morgan fingerprint density at radius 1 is 1.42 bits per heavy atom. The minimum absolute atomic E-state index is 0.654. The molecule has 1 N–H and O–H groups in total. The Morgan fingerprint density at radius 2 is 2.21 bits per heavy atom. The fourth-order valence-corrected chi connectivity index (χ4v) is 4.14. The van der Waals surface area contributed by atoms with Gasteiger partial charge in [0.15, 0.2) is 5.17 Å². The van der Waals surface area contributed by atoms with Gasteiger partial charge in [0.2, 0.25) is 0 Å². The monoisotopic (exact) mass is 294 g/mol. The first kappa shape index (κ1) is 14.8. The molecule has 0 amide bonds. The highest BCUT2D eigenvalue weighted by Crippen LogP contribution is 2.31. The fraction of sp³-hybridized carbons (Fsp3) is 0.533. The number of anilines is 1. The molecule has 2 nitrogen and oxygen atoms in total. The lowest BCUT2D eigenvalue weighted by Crippen LogP contribution is -2.17. The molecule has 1 aliphatic heterocycles. The summed E-state index contributed by atoms with van der Waals surface area (Å²) in [6.07, 6.45) is 4.60. The molecule has 1 unspecified atom stereocenters. The maximum Gasteiger partial charge on any atom is 0.161 e. The lowest BCUT2D eigenvalue weighted by Gasteiger charge is -2.18. The third-order valence-corrected chi connectivity index (χ3v) is 5.59. The number of benzene rings is 1. The second-order valence-electron chi connectivity index (χ2n) is 4.74. The first-order chi connectivity index (χ1) is 9.26. The summed E-state index contributed by atoms with van der Waals surface area (Å²) in [4.78, 5) is 5.93.